The van der Waals surface area contributed by atoms with Crippen LogP contribution in [0.5, 0.6) is 0 Å². The van der Waals surface area contributed by atoms with Gasteiger partial charge in [-0.25, -0.2) is 0 Å². The summed E-state index contributed by atoms with van der Waals surface area (Å²) in [5.41, 5.74) is 0. The molecule has 0 bridgehead atoms. The van der Waals surface area contributed by atoms with Crippen LogP contribution in [-0.4, -0.2) is 32.1 Å². The Morgan fingerprint density at radius 2 is 2.37 bits per heavy atom. The maximum atomic E-state index is 12.0. The van der Waals surface area contributed by atoms with Crippen LogP contribution in [0.1, 0.15) is 29.7 Å². The standard InChI is InChI=1S/C13H20N2O3.ClH/c1-9-5-6-14-7-11(9)15-13(16)12-4-3-10(18-12)8-17-2;/h3-4,9,11,14H,5-8H2,1-2H3,(H,15,16);1H. The maximum absolute atomic E-state index is 12.0. The monoisotopic (exact) mass is 288 g/mol. The van der Waals surface area contributed by atoms with Gasteiger partial charge in [0.15, 0.2) is 5.76 Å². The Morgan fingerprint density at radius 1 is 1.58 bits per heavy atom. The minimum absolute atomic E-state index is 0. The van der Waals surface area contributed by atoms with E-state index in [1.807, 2.05) is 0 Å². The van der Waals surface area contributed by atoms with Gasteiger partial charge in [0.05, 0.1) is 0 Å². The van der Waals surface area contributed by atoms with Crippen molar-refractivity contribution in [1.82, 2.24) is 10.6 Å². The fraction of sp³-hybridized carbons (Fsp3) is 0.615. The predicted molar refractivity (Wildman–Crippen MR) is 74.6 cm³/mol. The molecule has 108 valence electrons. The molecule has 0 radical (unpaired) electrons. The average Bonchev–Trinajstić information content (AvgIpc) is 2.81. The highest BCUT2D eigenvalue weighted by molar-refractivity contribution is 5.91. The second-order valence-electron chi connectivity index (χ2n) is 4.75. The Morgan fingerprint density at radius 3 is 3.05 bits per heavy atom. The molecule has 2 unspecified atom stereocenters. The zero-order valence-corrected chi connectivity index (χ0v) is 12.1. The highest BCUT2D eigenvalue weighted by Gasteiger charge is 2.24. The summed E-state index contributed by atoms with van der Waals surface area (Å²) in [6, 6.07) is 3.62. The Labute approximate surface area is 119 Å². The van der Waals surface area contributed by atoms with E-state index in [2.05, 4.69) is 17.6 Å². The number of carbonyl (C=O) groups excluding carboxylic acids is 1. The van der Waals surface area contributed by atoms with Crippen molar-refractivity contribution in [2.24, 2.45) is 5.92 Å². The Balaban J connectivity index is 0.00000180. The number of furan rings is 1. The molecule has 2 heterocycles. The summed E-state index contributed by atoms with van der Waals surface area (Å²) in [7, 11) is 1.59. The van der Waals surface area contributed by atoms with E-state index in [1.54, 1.807) is 19.2 Å². The van der Waals surface area contributed by atoms with Gasteiger partial charge in [-0.05, 0) is 31.0 Å². The number of ether oxygens (including phenoxy) is 1. The van der Waals surface area contributed by atoms with Gasteiger partial charge in [0, 0.05) is 19.7 Å². The lowest BCUT2D eigenvalue weighted by Crippen LogP contribution is -2.50. The lowest BCUT2D eigenvalue weighted by Gasteiger charge is -2.29. The minimum atomic E-state index is -0.155. The Hall–Kier alpha value is -1.04. The molecule has 2 N–H and O–H groups in total. The molecule has 1 fully saturated rings. The van der Waals surface area contributed by atoms with Crippen LogP contribution < -0.4 is 10.6 Å². The zero-order chi connectivity index (χ0) is 13.0. The maximum Gasteiger partial charge on any atom is 0.287 e. The topological polar surface area (TPSA) is 63.5 Å². The van der Waals surface area contributed by atoms with Gasteiger partial charge in [-0.2, -0.15) is 0 Å². The molecule has 6 heteroatoms. The molecule has 1 aromatic rings. The van der Waals surface area contributed by atoms with Gasteiger partial charge < -0.3 is 19.8 Å². The van der Waals surface area contributed by atoms with Crippen LogP contribution in [-0.2, 0) is 11.3 Å². The van der Waals surface area contributed by atoms with Crippen molar-refractivity contribution in [3.63, 3.8) is 0 Å². The number of hydrogen-bond donors (Lipinski definition) is 2. The molecule has 2 rings (SSSR count). The molecule has 19 heavy (non-hydrogen) atoms. The molecule has 0 saturated carbocycles. The van der Waals surface area contributed by atoms with Crippen LogP contribution in [0.2, 0.25) is 0 Å². The fourth-order valence-electron chi connectivity index (χ4n) is 2.14. The molecule has 0 aliphatic carbocycles. The third-order valence-electron chi connectivity index (χ3n) is 3.32. The number of methoxy groups -OCH3 is 1. The van der Waals surface area contributed by atoms with Gasteiger partial charge in [0.2, 0.25) is 0 Å². The number of carbonyl (C=O) groups is 1. The zero-order valence-electron chi connectivity index (χ0n) is 11.3. The van der Waals surface area contributed by atoms with Crippen molar-refractivity contribution < 1.29 is 13.9 Å². The van der Waals surface area contributed by atoms with Gasteiger partial charge >= 0.3 is 0 Å². The Bertz CT molecular complexity index is 408. The van der Waals surface area contributed by atoms with Gasteiger partial charge in [0.25, 0.3) is 5.91 Å². The average molecular weight is 289 g/mol. The fourth-order valence-corrected chi connectivity index (χ4v) is 2.14. The largest absolute Gasteiger partial charge is 0.453 e. The molecule has 0 aromatic carbocycles. The SMILES string of the molecule is COCc1ccc(C(=O)NC2CNCCC2C)o1.Cl. The highest BCUT2D eigenvalue weighted by atomic mass is 35.5. The first-order chi connectivity index (χ1) is 8.70. The molecular formula is C13H21ClN2O3. The summed E-state index contributed by atoms with van der Waals surface area (Å²) in [6.07, 6.45) is 1.08. The van der Waals surface area contributed by atoms with E-state index in [1.165, 1.54) is 0 Å². The molecule has 1 aliphatic heterocycles. The molecule has 1 aliphatic rings. The van der Waals surface area contributed by atoms with E-state index in [0.29, 0.717) is 24.0 Å². The van der Waals surface area contributed by atoms with Gasteiger partial charge in [-0.1, -0.05) is 6.92 Å². The predicted octanol–water partition coefficient (Wildman–Crippen LogP) is 1.58. The number of nitrogens with one attached hydrogen (secondary N) is 2. The molecule has 0 spiro atoms. The molecular weight excluding hydrogens is 268 g/mol. The van der Waals surface area contributed by atoms with Crippen LogP contribution in [0, 0.1) is 5.92 Å². The molecule has 1 aromatic heterocycles. The lowest BCUT2D eigenvalue weighted by molar-refractivity contribution is 0.0878. The number of amides is 1. The van der Waals surface area contributed by atoms with Crippen molar-refractivity contribution in [3.05, 3.63) is 23.7 Å². The van der Waals surface area contributed by atoms with Crippen molar-refractivity contribution in [3.8, 4) is 0 Å². The van der Waals surface area contributed by atoms with Crippen molar-refractivity contribution in [2.75, 3.05) is 20.2 Å². The first-order valence-corrected chi connectivity index (χ1v) is 6.30. The quantitative estimate of drug-likeness (QED) is 0.883. The van der Waals surface area contributed by atoms with Crippen LogP contribution in [0.15, 0.2) is 16.5 Å². The van der Waals surface area contributed by atoms with Crippen LogP contribution >= 0.6 is 12.4 Å². The highest BCUT2D eigenvalue weighted by Crippen LogP contribution is 2.13. The van der Waals surface area contributed by atoms with E-state index < -0.39 is 0 Å². The molecule has 2 atom stereocenters. The van der Waals surface area contributed by atoms with Gasteiger partial charge in [-0.15, -0.1) is 12.4 Å². The van der Waals surface area contributed by atoms with Gasteiger partial charge in [-0.3, -0.25) is 4.79 Å². The van der Waals surface area contributed by atoms with E-state index in [4.69, 9.17) is 9.15 Å². The van der Waals surface area contributed by atoms with E-state index in [0.717, 1.165) is 19.5 Å². The number of piperidine rings is 1. The molecule has 1 amide bonds. The number of halogens is 1. The third-order valence-corrected chi connectivity index (χ3v) is 3.32. The first kappa shape index (κ1) is 16.0. The Kier molecular flexibility index (Phi) is 6.34. The van der Waals surface area contributed by atoms with Crippen molar-refractivity contribution in [2.45, 2.75) is 26.0 Å². The molecule has 5 nitrogen and oxygen atoms in total. The van der Waals surface area contributed by atoms with Crippen LogP contribution in [0.25, 0.3) is 0 Å². The summed E-state index contributed by atoms with van der Waals surface area (Å²) in [4.78, 5) is 12.0. The van der Waals surface area contributed by atoms with Crippen LogP contribution in [0.4, 0.5) is 0 Å². The second kappa shape index (κ2) is 7.53. The number of rotatable bonds is 4. The van der Waals surface area contributed by atoms with E-state index in [-0.39, 0.29) is 24.4 Å². The van der Waals surface area contributed by atoms with Crippen LogP contribution in [0.3, 0.4) is 0 Å². The lowest BCUT2D eigenvalue weighted by atomic mass is 9.95. The smallest absolute Gasteiger partial charge is 0.287 e. The minimum Gasteiger partial charge on any atom is -0.453 e. The summed E-state index contributed by atoms with van der Waals surface area (Å²) in [5, 5.41) is 6.29. The third kappa shape index (κ3) is 4.23. The van der Waals surface area contributed by atoms with Crippen molar-refractivity contribution in [1.29, 1.82) is 0 Å². The van der Waals surface area contributed by atoms with Crippen molar-refractivity contribution >= 4 is 18.3 Å². The first-order valence-electron chi connectivity index (χ1n) is 6.30. The summed E-state index contributed by atoms with van der Waals surface area (Å²) in [6.45, 7) is 4.38. The van der Waals surface area contributed by atoms with Gasteiger partial charge in [0.1, 0.15) is 12.4 Å². The number of hydrogen-bond acceptors (Lipinski definition) is 4. The summed E-state index contributed by atoms with van der Waals surface area (Å²) in [5.74, 6) is 1.35. The van der Waals surface area contributed by atoms with E-state index >= 15 is 0 Å². The van der Waals surface area contributed by atoms with E-state index in [9.17, 15) is 4.79 Å². The normalized spacial score (nSPS) is 22.6. The summed E-state index contributed by atoms with van der Waals surface area (Å²) >= 11 is 0. The second-order valence-corrected chi connectivity index (χ2v) is 4.75. The summed E-state index contributed by atoms with van der Waals surface area (Å²) < 4.78 is 10.4. The molecule has 1 saturated heterocycles.